The first-order valence-corrected chi connectivity index (χ1v) is 10.3. The van der Waals surface area contributed by atoms with Crippen LogP contribution >= 0.6 is 0 Å². The number of nitriles is 3. The van der Waals surface area contributed by atoms with Crippen molar-refractivity contribution in [2.24, 2.45) is 23.8 Å². The van der Waals surface area contributed by atoms with E-state index in [9.17, 15) is 15.8 Å². The summed E-state index contributed by atoms with van der Waals surface area (Å²) in [5, 5.41) is 39.8. The van der Waals surface area contributed by atoms with E-state index in [1.807, 2.05) is 30.3 Å². The van der Waals surface area contributed by atoms with Gasteiger partial charge >= 0.3 is 0 Å². The van der Waals surface area contributed by atoms with Crippen molar-refractivity contribution < 1.29 is 9.47 Å². The molecule has 3 heterocycles. The monoisotopic (exact) mass is 411 g/mol. The van der Waals surface area contributed by atoms with E-state index >= 15 is 0 Å². The van der Waals surface area contributed by atoms with Crippen molar-refractivity contribution in [3.05, 3.63) is 59.9 Å². The highest BCUT2D eigenvalue weighted by Crippen LogP contribution is 2.70. The summed E-state index contributed by atoms with van der Waals surface area (Å²) in [7, 11) is 1.81. The van der Waals surface area contributed by atoms with Crippen molar-refractivity contribution in [1.82, 2.24) is 4.57 Å². The molecule has 0 radical (unpaired) electrons. The zero-order valence-corrected chi connectivity index (χ0v) is 17.1. The number of aryl methyl sites for hydroxylation is 1. The van der Waals surface area contributed by atoms with Crippen molar-refractivity contribution in [2.75, 3.05) is 0 Å². The Balaban J connectivity index is 1.70. The molecule has 1 aromatic heterocycles. The summed E-state index contributed by atoms with van der Waals surface area (Å²) < 4.78 is 14.3. The Morgan fingerprint density at radius 3 is 2.42 bits per heavy atom. The maximum Gasteiger partial charge on any atom is 0.217 e. The van der Waals surface area contributed by atoms with E-state index in [0.717, 1.165) is 12.0 Å². The van der Waals surface area contributed by atoms with E-state index in [1.165, 1.54) is 0 Å². The molecule has 5 atom stereocenters. The molecule has 0 spiro atoms. The van der Waals surface area contributed by atoms with Gasteiger partial charge in [0, 0.05) is 25.4 Å². The Hall–Kier alpha value is -3.60. The van der Waals surface area contributed by atoms with E-state index in [1.54, 1.807) is 29.9 Å². The number of rotatable bonds is 2. The predicted octanol–water partition coefficient (Wildman–Crippen LogP) is 3.93. The van der Waals surface area contributed by atoms with Crippen LogP contribution in [0.15, 0.2) is 48.7 Å². The summed E-state index contributed by atoms with van der Waals surface area (Å²) in [6.45, 7) is 0. The molecule has 0 amide bonds. The minimum absolute atomic E-state index is 0.131. The standard InChI is InChI=1S/C24H21N5O2/c1-29-11-5-8-18(29)20-22(13-25,14-26)23(15-27)19-12-17(16-6-3-2-4-7-16)9-10-24(19,30-20)31-21(23)28/h2-8,11,17,19-20,28H,9-10,12H2,1H3. The van der Waals surface area contributed by atoms with Crippen LogP contribution in [0.3, 0.4) is 0 Å². The van der Waals surface area contributed by atoms with Gasteiger partial charge in [0.2, 0.25) is 17.1 Å². The van der Waals surface area contributed by atoms with Gasteiger partial charge in [-0.2, -0.15) is 15.8 Å². The number of hydrogen-bond acceptors (Lipinski definition) is 6. The van der Waals surface area contributed by atoms with Gasteiger partial charge in [0.15, 0.2) is 5.41 Å². The summed E-state index contributed by atoms with van der Waals surface area (Å²) in [6.07, 6.45) is 2.55. The Kier molecular flexibility index (Phi) is 4.03. The van der Waals surface area contributed by atoms with Crippen molar-refractivity contribution in [2.45, 2.75) is 37.1 Å². The third-order valence-corrected chi connectivity index (χ3v) is 7.43. The van der Waals surface area contributed by atoms with Gasteiger partial charge in [0.05, 0.1) is 24.1 Å². The van der Waals surface area contributed by atoms with Crippen LogP contribution in [0.2, 0.25) is 0 Å². The van der Waals surface area contributed by atoms with E-state index in [0.29, 0.717) is 18.5 Å². The minimum atomic E-state index is -1.91. The lowest BCUT2D eigenvalue weighted by atomic mass is 9.50. The molecule has 1 saturated carbocycles. The number of nitrogens with one attached hydrogen (secondary N) is 1. The number of benzene rings is 1. The molecule has 31 heavy (non-hydrogen) atoms. The molecule has 154 valence electrons. The summed E-state index contributed by atoms with van der Waals surface area (Å²) in [5.41, 5.74) is -1.87. The first kappa shape index (κ1) is 19.4. The van der Waals surface area contributed by atoms with Crippen LogP contribution in [-0.4, -0.2) is 16.3 Å². The average molecular weight is 411 g/mol. The van der Waals surface area contributed by atoms with E-state index < -0.39 is 28.6 Å². The van der Waals surface area contributed by atoms with Crippen molar-refractivity contribution >= 4 is 5.90 Å². The molecule has 5 unspecified atom stereocenters. The molecule has 2 aliphatic heterocycles. The van der Waals surface area contributed by atoms with Gasteiger partial charge in [-0.05, 0) is 36.5 Å². The number of hydrogen-bond donors (Lipinski definition) is 1. The van der Waals surface area contributed by atoms with Gasteiger partial charge in [0.25, 0.3) is 0 Å². The summed E-state index contributed by atoms with van der Waals surface area (Å²) in [6, 6.07) is 20.1. The van der Waals surface area contributed by atoms with Gasteiger partial charge in [-0.25, -0.2) is 0 Å². The highest BCUT2D eigenvalue weighted by atomic mass is 16.7. The van der Waals surface area contributed by atoms with Crippen LogP contribution in [0, 0.1) is 56.2 Å². The molecule has 7 nitrogen and oxygen atoms in total. The second kappa shape index (κ2) is 6.45. The fourth-order valence-corrected chi connectivity index (χ4v) is 5.88. The molecule has 5 rings (SSSR count). The average Bonchev–Trinajstić information content (AvgIpc) is 3.31. The number of ether oxygens (including phenoxy) is 2. The smallest absolute Gasteiger partial charge is 0.217 e. The van der Waals surface area contributed by atoms with E-state index in [4.69, 9.17) is 14.9 Å². The highest BCUT2D eigenvalue weighted by Gasteiger charge is 2.81. The maximum atomic E-state index is 10.5. The Morgan fingerprint density at radius 1 is 1.06 bits per heavy atom. The van der Waals surface area contributed by atoms with Gasteiger partial charge in [-0.3, -0.25) is 5.41 Å². The van der Waals surface area contributed by atoms with Crippen LogP contribution in [0.25, 0.3) is 0 Å². The molecule has 7 heteroatoms. The maximum absolute atomic E-state index is 10.5. The van der Waals surface area contributed by atoms with Crippen molar-refractivity contribution in [1.29, 1.82) is 21.2 Å². The number of nitrogens with zero attached hydrogens (tertiary/aromatic N) is 4. The quantitative estimate of drug-likeness (QED) is 0.803. The fraction of sp³-hybridized carbons (Fsp3) is 0.417. The lowest BCUT2D eigenvalue weighted by Crippen LogP contribution is -2.61. The molecule has 2 saturated heterocycles. The minimum Gasteiger partial charge on any atom is -0.447 e. The molecule has 1 N–H and O–H groups in total. The van der Waals surface area contributed by atoms with Crippen molar-refractivity contribution in [3.63, 3.8) is 0 Å². The van der Waals surface area contributed by atoms with Gasteiger partial charge in [-0.15, -0.1) is 0 Å². The first-order valence-electron chi connectivity index (χ1n) is 10.3. The molecule has 1 aliphatic carbocycles. The van der Waals surface area contributed by atoms with Gasteiger partial charge < -0.3 is 14.0 Å². The van der Waals surface area contributed by atoms with Crippen LogP contribution in [0.1, 0.15) is 42.5 Å². The van der Waals surface area contributed by atoms with Crippen LogP contribution in [0.4, 0.5) is 0 Å². The summed E-state index contributed by atoms with van der Waals surface area (Å²) in [4.78, 5) is 0. The third-order valence-electron chi connectivity index (χ3n) is 7.43. The van der Waals surface area contributed by atoms with Crippen LogP contribution < -0.4 is 0 Å². The Labute approximate surface area is 180 Å². The fourth-order valence-electron chi connectivity index (χ4n) is 5.88. The molecule has 2 aromatic rings. The summed E-state index contributed by atoms with van der Waals surface area (Å²) >= 11 is 0. The van der Waals surface area contributed by atoms with Gasteiger partial charge in [0.1, 0.15) is 6.10 Å². The third kappa shape index (κ3) is 2.21. The molecular formula is C24H21N5O2. The highest BCUT2D eigenvalue weighted by molar-refractivity contribution is 5.89. The van der Waals surface area contributed by atoms with Gasteiger partial charge in [-0.1, -0.05) is 30.3 Å². The summed E-state index contributed by atoms with van der Waals surface area (Å²) in [5.74, 6) is -1.97. The molecule has 3 aliphatic rings. The second-order valence-corrected chi connectivity index (χ2v) is 8.67. The zero-order valence-electron chi connectivity index (χ0n) is 17.1. The molecule has 2 bridgehead atoms. The largest absolute Gasteiger partial charge is 0.447 e. The molecular weight excluding hydrogens is 390 g/mol. The first-order chi connectivity index (χ1) is 15.0. The van der Waals surface area contributed by atoms with E-state index in [-0.39, 0.29) is 11.8 Å². The van der Waals surface area contributed by atoms with Crippen LogP contribution in [0.5, 0.6) is 0 Å². The SMILES string of the molecule is Cn1cccc1C1OC23CCC(c4ccccc4)CC2C(C#N)(C(=N)O3)C1(C#N)C#N. The zero-order chi connectivity index (χ0) is 21.9. The molecule has 1 aromatic carbocycles. The number of aromatic nitrogens is 1. The lowest BCUT2D eigenvalue weighted by Gasteiger charge is -2.52. The normalized spacial score (nSPS) is 35.2. The van der Waals surface area contributed by atoms with Crippen molar-refractivity contribution in [3.8, 4) is 18.2 Å². The predicted molar refractivity (Wildman–Crippen MR) is 109 cm³/mol. The van der Waals surface area contributed by atoms with Crippen LogP contribution in [-0.2, 0) is 16.5 Å². The topological polar surface area (TPSA) is 119 Å². The second-order valence-electron chi connectivity index (χ2n) is 8.67. The van der Waals surface area contributed by atoms with E-state index in [2.05, 4.69) is 18.2 Å². The lowest BCUT2D eigenvalue weighted by molar-refractivity contribution is -0.297. The molecule has 3 fully saturated rings. The Morgan fingerprint density at radius 2 is 1.81 bits per heavy atom. The Bertz CT molecular complexity index is 1170.